The molecule has 0 fully saturated rings. The van der Waals surface area contributed by atoms with Crippen LogP contribution in [0.4, 0.5) is 5.95 Å². The maximum Gasteiger partial charge on any atom is 0.267 e. The normalized spacial score (nSPS) is 10.5. The third kappa shape index (κ3) is 1.08. The van der Waals surface area contributed by atoms with Gasteiger partial charge in [0.15, 0.2) is 5.65 Å². The molecule has 2 heterocycles. The summed E-state index contributed by atoms with van der Waals surface area (Å²) in [5, 5.41) is 3.82. The summed E-state index contributed by atoms with van der Waals surface area (Å²) in [5.41, 5.74) is 11.3. The topological polar surface area (TPSA) is 99.3 Å². The van der Waals surface area contributed by atoms with Crippen LogP contribution in [0.5, 0.6) is 0 Å². The Morgan fingerprint density at radius 1 is 1.46 bits per heavy atom. The molecule has 0 atom stereocenters. The van der Waals surface area contributed by atoms with Crippen molar-refractivity contribution in [2.24, 2.45) is 5.73 Å². The summed E-state index contributed by atoms with van der Waals surface area (Å²) < 4.78 is 1.32. The maximum atomic E-state index is 10.9. The molecule has 4 N–H and O–H groups in total. The number of fused-ring (bicyclic) bond motifs is 1. The Hall–Kier alpha value is -2.11. The van der Waals surface area contributed by atoms with Crippen molar-refractivity contribution in [3.8, 4) is 0 Å². The van der Waals surface area contributed by atoms with Crippen LogP contribution in [0.1, 0.15) is 10.5 Å². The van der Waals surface area contributed by atoms with Gasteiger partial charge in [0.25, 0.3) is 5.91 Å². The predicted molar refractivity (Wildman–Crippen MR) is 45.9 cm³/mol. The fourth-order valence-corrected chi connectivity index (χ4v) is 1.11. The fraction of sp³-hybridized carbons (Fsp3) is 0. The lowest BCUT2D eigenvalue weighted by molar-refractivity contribution is 0.0993. The number of nitrogens with zero attached hydrogens (tertiary/aromatic N) is 3. The molecule has 0 saturated carbocycles. The van der Waals surface area contributed by atoms with Gasteiger partial charge in [-0.1, -0.05) is 6.07 Å². The molecule has 0 aromatic carbocycles. The molecule has 1 amide bonds. The molecule has 0 unspecified atom stereocenters. The van der Waals surface area contributed by atoms with E-state index in [1.54, 1.807) is 18.2 Å². The molecular weight excluding hydrogens is 170 g/mol. The van der Waals surface area contributed by atoms with E-state index in [2.05, 4.69) is 10.1 Å². The van der Waals surface area contributed by atoms with Crippen molar-refractivity contribution < 1.29 is 4.79 Å². The van der Waals surface area contributed by atoms with E-state index in [4.69, 9.17) is 11.5 Å². The molecule has 2 aromatic rings. The zero-order valence-corrected chi connectivity index (χ0v) is 6.64. The van der Waals surface area contributed by atoms with E-state index in [9.17, 15) is 4.79 Å². The highest BCUT2D eigenvalue weighted by Crippen LogP contribution is 2.05. The van der Waals surface area contributed by atoms with Gasteiger partial charge in [0.1, 0.15) is 5.69 Å². The average molecular weight is 177 g/mol. The summed E-state index contributed by atoms with van der Waals surface area (Å²) in [5.74, 6) is -0.441. The Kier molecular flexibility index (Phi) is 1.42. The van der Waals surface area contributed by atoms with Crippen LogP contribution >= 0.6 is 0 Å². The van der Waals surface area contributed by atoms with E-state index in [1.807, 2.05) is 0 Å². The molecule has 13 heavy (non-hydrogen) atoms. The number of carbonyl (C=O) groups excluding carboxylic acids is 1. The second kappa shape index (κ2) is 2.44. The average Bonchev–Trinajstić information content (AvgIpc) is 2.43. The van der Waals surface area contributed by atoms with E-state index in [1.165, 1.54) is 4.52 Å². The number of aromatic nitrogens is 3. The molecule has 0 radical (unpaired) electrons. The predicted octanol–water partition coefficient (Wildman–Crippen LogP) is -0.590. The van der Waals surface area contributed by atoms with Crippen LogP contribution < -0.4 is 11.5 Å². The minimum absolute atomic E-state index is 0.119. The minimum Gasteiger partial charge on any atom is -0.366 e. The molecule has 0 aliphatic heterocycles. The van der Waals surface area contributed by atoms with Crippen molar-refractivity contribution in [2.45, 2.75) is 0 Å². The number of primary amides is 1. The summed E-state index contributed by atoms with van der Waals surface area (Å²) >= 11 is 0. The van der Waals surface area contributed by atoms with Gasteiger partial charge in [-0.3, -0.25) is 4.79 Å². The number of pyridine rings is 1. The summed E-state index contributed by atoms with van der Waals surface area (Å²) in [7, 11) is 0. The first-order valence-electron chi connectivity index (χ1n) is 3.59. The van der Waals surface area contributed by atoms with Crippen LogP contribution in [0.2, 0.25) is 0 Å². The van der Waals surface area contributed by atoms with Gasteiger partial charge in [-0.15, -0.1) is 5.10 Å². The number of rotatable bonds is 1. The zero-order chi connectivity index (χ0) is 9.42. The van der Waals surface area contributed by atoms with E-state index >= 15 is 0 Å². The van der Waals surface area contributed by atoms with Crippen molar-refractivity contribution >= 4 is 17.5 Å². The van der Waals surface area contributed by atoms with E-state index < -0.39 is 5.91 Å². The second-order valence-corrected chi connectivity index (χ2v) is 2.52. The van der Waals surface area contributed by atoms with E-state index in [-0.39, 0.29) is 11.6 Å². The molecule has 0 aliphatic rings. The first-order chi connectivity index (χ1) is 6.18. The quantitative estimate of drug-likeness (QED) is 0.608. The Morgan fingerprint density at radius 3 is 2.92 bits per heavy atom. The highest BCUT2D eigenvalue weighted by atomic mass is 16.1. The zero-order valence-electron chi connectivity index (χ0n) is 6.64. The van der Waals surface area contributed by atoms with Gasteiger partial charge in [0.2, 0.25) is 5.95 Å². The Labute approximate surface area is 73.2 Å². The number of nitrogens with two attached hydrogens (primary N) is 2. The van der Waals surface area contributed by atoms with E-state index in [0.29, 0.717) is 5.65 Å². The summed E-state index contributed by atoms with van der Waals surface area (Å²) in [4.78, 5) is 14.8. The van der Waals surface area contributed by atoms with Gasteiger partial charge >= 0.3 is 0 Å². The molecular formula is C7H7N5O. The molecule has 2 rings (SSSR count). The number of hydrogen-bond donors (Lipinski definition) is 2. The first kappa shape index (κ1) is 7.53. The van der Waals surface area contributed by atoms with Crippen molar-refractivity contribution in [1.29, 1.82) is 0 Å². The number of carbonyl (C=O) groups is 1. The van der Waals surface area contributed by atoms with Crippen LogP contribution in [0.15, 0.2) is 18.2 Å². The molecule has 2 aromatic heterocycles. The highest BCUT2D eigenvalue weighted by molar-refractivity contribution is 5.91. The number of hydrogen-bond acceptors (Lipinski definition) is 4. The minimum atomic E-state index is -0.560. The summed E-state index contributed by atoms with van der Waals surface area (Å²) in [6.07, 6.45) is 0. The van der Waals surface area contributed by atoms with Gasteiger partial charge in [-0.2, -0.15) is 4.98 Å². The Morgan fingerprint density at radius 2 is 2.23 bits per heavy atom. The van der Waals surface area contributed by atoms with Gasteiger partial charge in [-0.25, -0.2) is 4.52 Å². The Balaban J connectivity index is 2.82. The third-order valence-corrected chi connectivity index (χ3v) is 1.63. The lowest BCUT2D eigenvalue weighted by Crippen LogP contribution is -2.15. The number of nitrogen functional groups attached to an aromatic ring is 1. The van der Waals surface area contributed by atoms with Crippen LogP contribution in [-0.2, 0) is 0 Å². The van der Waals surface area contributed by atoms with Gasteiger partial charge in [-0.05, 0) is 12.1 Å². The molecule has 0 aliphatic carbocycles. The molecule has 0 saturated heterocycles. The lowest BCUT2D eigenvalue weighted by Gasteiger charge is -1.96. The van der Waals surface area contributed by atoms with Crippen LogP contribution in [0, 0.1) is 0 Å². The van der Waals surface area contributed by atoms with Crippen LogP contribution in [0.3, 0.4) is 0 Å². The standard InChI is InChI=1S/C7H7N5O/c8-6(13)4-2-1-3-5-10-7(9)11-12(4)5/h1-3H,(H2,8,13)(H2,9,11). The first-order valence-corrected chi connectivity index (χ1v) is 3.59. The smallest absolute Gasteiger partial charge is 0.267 e. The molecule has 6 heteroatoms. The van der Waals surface area contributed by atoms with Crippen LogP contribution in [0.25, 0.3) is 5.65 Å². The molecule has 6 nitrogen and oxygen atoms in total. The summed E-state index contributed by atoms with van der Waals surface area (Å²) in [6, 6.07) is 4.92. The van der Waals surface area contributed by atoms with Crippen molar-refractivity contribution in [3.63, 3.8) is 0 Å². The van der Waals surface area contributed by atoms with Crippen molar-refractivity contribution in [3.05, 3.63) is 23.9 Å². The Bertz CT molecular complexity index is 475. The van der Waals surface area contributed by atoms with Gasteiger partial charge < -0.3 is 11.5 Å². The number of anilines is 1. The SMILES string of the molecule is NC(=O)c1cccc2nc(N)nn12. The van der Waals surface area contributed by atoms with Crippen LogP contribution in [-0.4, -0.2) is 20.5 Å². The number of amides is 1. The van der Waals surface area contributed by atoms with E-state index in [0.717, 1.165) is 0 Å². The summed E-state index contributed by atoms with van der Waals surface area (Å²) in [6.45, 7) is 0. The fourth-order valence-electron chi connectivity index (χ4n) is 1.11. The second-order valence-electron chi connectivity index (χ2n) is 2.52. The molecule has 0 bridgehead atoms. The monoisotopic (exact) mass is 177 g/mol. The third-order valence-electron chi connectivity index (χ3n) is 1.63. The maximum absolute atomic E-state index is 10.9. The van der Waals surface area contributed by atoms with Crippen molar-refractivity contribution in [1.82, 2.24) is 14.6 Å². The lowest BCUT2D eigenvalue weighted by atomic mass is 10.3. The molecule has 66 valence electrons. The highest BCUT2D eigenvalue weighted by Gasteiger charge is 2.08. The van der Waals surface area contributed by atoms with Gasteiger partial charge in [0.05, 0.1) is 0 Å². The van der Waals surface area contributed by atoms with Crippen molar-refractivity contribution in [2.75, 3.05) is 5.73 Å². The van der Waals surface area contributed by atoms with Gasteiger partial charge in [0, 0.05) is 0 Å². The molecule has 0 spiro atoms. The largest absolute Gasteiger partial charge is 0.366 e.